The van der Waals surface area contributed by atoms with Crippen molar-refractivity contribution in [2.75, 3.05) is 51.4 Å². The molecule has 1 unspecified atom stereocenters. The van der Waals surface area contributed by atoms with Crippen LogP contribution in [-0.2, 0) is 25.5 Å². The van der Waals surface area contributed by atoms with Crippen molar-refractivity contribution in [2.45, 2.75) is 45.1 Å². The molecule has 52 heavy (non-hydrogen) atoms. The second-order valence-corrected chi connectivity index (χ2v) is 13.0. The van der Waals surface area contributed by atoms with Gasteiger partial charge in [0, 0.05) is 35.7 Å². The van der Waals surface area contributed by atoms with Gasteiger partial charge in [-0.1, -0.05) is 30.3 Å². The molecule has 5 rings (SSSR count). The van der Waals surface area contributed by atoms with Gasteiger partial charge in [-0.05, 0) is 109 Å². The van der Waals surface area contributed by atoms with Crippen molar-refractivity contribution >= 4 is 23.4 Å². The Morgan fingerprint density at radius 3 is 2.40 bits per heavy atom. The van der Waals surface area contributed by atoms with E-state index < -0.39 is 6.04 Å². The summed E-state index contributed by atoms with van der Waals surface area (Å²) in [7, 11) is 0. The number of rotatable bonds is 18. The second-order valence-electron chi connectivity index (χ2n) is 13.0. The molecule has 1 saturated carbocycles. The van der Waals surface area contributed by atoms with Crippen LogP contribution in [0.5, 0.6) is 0 Å². The number of aryl methyl sites for hydroxylation is 1. The number of anilines is 1. The molecule has 0 saturated heterocycles. The Hall–Kier alpha value is -5.02. The topological polar surface area (TPSA) is 206 Å². The first-order chi connectivity index (χ1) is 25.3. The minimum atomic E-state index is -0.823. The third-order valence-corrected chi connectivity index (χ3v) is 9.25. The summed E-state index contributed by atoms with van der Waals surface area (Å²) in [6, 6.07) is 19.7. The lowest BCUT2D eigenvalue weighted by Gasteiger charge is -2.28. The lowest BCUT2D eigenvalue weighted by molar-refractivity contribution is -0.130. The van der Waals surface area contributed by atoms with Crippen LogP contribution in [0, 0.1) is 18.8 Å². The Morgan fingerprint density at radius 1 is 0.942 bits per heavy atom. The summed E-state index contributed by atoms with van der Waals surface area (Å²) in [5.74, 6) is 0.0637. The molecule has 1 fully saturated rings. The molecule has 3 aromatic carbocycles. The normalized spacial score (nSPS) is 16.2. The maximum absolute atomic E-state index is 13.8. The highest BCUT2D eigenvalue weighted by Crippen LogP contribution is 2.29. The van der Waals surface area contributed by atoms with E-state index in [1.807, 2.05) is 43.3 Å². The standard InChI is InChI=1S/C38H48N8O6/c1-25-21-31(36(48)40-15-17-51-19-20-52-18-16-47)11-14-33(25)30-4-2-3-27(22-30)23-34(42-37(49)29-7-5-26(24-39)6-8-29)38(50)41-32-12-9-28(10-13-32)35-43-45-46-44-35/h2-4,9-14,21-22,26,29,34,47H,5-8,15-20,23-24,39H2,1H3,(H,40,48)(H,41,50)(H,42,49)(H,43,44,45,46). The van der Waals surface area contributed by atoms with Crippen molar-refractivity contribution in [2.24, 2.45) is 17.6 Å². The minimum absolute atomic E-state index is 0.0300. The highest BCUT2D eigenvalue weighted by atomic mass is 16.5. The predicted molar refractivity (Wildman–Crippen MR) is 196 cm³/mol. The molecule has 1 aliphatic rings. The van der Waals surface area contributed by atoms with Crippen LogP contribution in [0.15, 0.2) is 66.7 Å². The summed E-state index contributed by atoms with van der Waals surface area (Å²) < 4.78 is 10.6. The Labute approximate surface area is 303 Å². The largest absolute Gasteiger partial charge is 0.394 e. The number of aromatic amines is 1. The maximum atomic E-state index is 13.8. The summed E-state index contributed by atoms with van der Waals surface area (Å²) >= 11 is 0. The third kappa shape index (κ3) is 11.0. The summed E-state index contributed by atoms with van der Waals surface area (Å²) in [6.07, 6.45) is 3.57. The molecule has 14 heteroatoms. The SMILES string of the molecule is Cc1cc(C(=O)NCCOCCOCCO)ccc1-c1cccc(CC(NC(=O)C2CCC(CN)CC2)C(=O)Nc2ccc(-c3nn[nH]n3)cc2)c1. The van der Waals surface area contributed by atoms with Gasteiger partial charge in [0.05, 0.1) is 33.0 Å². The van der Waals surface area contributed by atoms with E-state index in [1.54, 1.807) is 30.3 Å². The zero-order chi connectivity index (χ0) is 36.7. The Kier molecular flexibility index (Phi) is 14.4. The van der Waals surface area contributed by atoms with Crippen molar-refractivity contribution < 1.29 is 29.0 Å². The summed E-state index contributed by atoms with van der Waals surface area (Å²) in [4.78, 5) is 40.1. The van der Waals surface area contributed by atoms with Crippen LogP contribution < -0.4 is 21.7 Å². The molecule has 276 valence electrons. The van der Waals surface area contributed by atoms with Gasteiger partial charge >= 0.3 is 0 Å². The number of aliphatic hydroxyl groups excluding tert-OH is 1. The molecule has 1 atom stereocenters. The van der Waals surface area contributed by atoms with Crippen LogP contribution in [0.25, 0.3) is 22.5 Å². The summed E-state index contributed by atoms with van der Waals surface area (Å²) in [5.41, 5.74) is 11.4. The van der Waals surface area contributed by atoms with E-state index in [-0.39, 0.29) is 43.3 Å². The average Bonchev–Trinajstić information content (AvgIpc) is 3.71. The summed E-state index contributed by atoms with van der Waals surface area (Å²) in [5, 5.41) is 31.6. The number of aromatic nitrogens is 4. The number of nitrogens with one attached hydrogen (secondary N) is 4. The van der Waals surface area contributed by atoms with Crippen LogP contribution in [0.3, 0.4) is 0 Å². The van der Waals surface area contributed by atoms with Gasteiger partial charge in [0.15, 0.2) is 0 Å². The predicted octanol–water partition coefficient (Wildman–Crippen LogP) is 3.03. The molecule has 0 bridgehead atoms. The smallest absolute Gasteiger partial charge is 0.251 e. The quantitative estimate of drug-likeness (QED) is 0.0832. The number of carbonyl (C=O) groups is 3. The molecule has 0 aliphatic heterocycles. The van der Waals surface area contributed by atoms with Gasteiger partial charge in [-0.15, -0.1) is 10.2 Å². The zero-order valence-electron chi connectivity index (χ0n) is 29.5. The van der Waals surface area contributed by atoms with Crippen molar-refractivity contribution in [3.8, 4) is 22.5 Å². The molecule has 0 radical (unpaired) electrons. The number of carbonyl (C=O) groups excluding carboxylic acids is 3. The molecule has 1 aliphatic carbocycles. The van der Waals surface area contributed by atoms with E-state index in [0.29, 0.717) is 55.9 Å². The van der Waals surface area contributed by atoms with Gasteiger partial charge in [-0.25, -0.2) is 0 Å². The highest BCUT2D eigenvalue weighted by Gasteiger charge is 2.29. The van der Waals surface area contributed by atoms with Crippen molar-refractivity contribution in [1.29, 1.82) is 0 Å². The number of amides is 3. The van der Waals surface area contributed by atoms with E-state index in [2.05, 4.69) is 36.6 Å². The van der Waals surface area contributed by atoms with Gasteiger partial charge in [0.25, 0.3) is 5.91 Å². The fourth-order valence-corrected chi connectivity index (χ4v) is 6.33. The van der Waals surface area contributed by atoms with E-state index in [1.165, 1.54) is 0 Å². The van der Waals surface area contributed by atoms with E-state index in [0.717, 1.165) is 53.5 Å². The first kappa shape index (κ1) is 38.2. The van der Waals surface area contributed by atoms with Crippen LogP contribution in [0.1, 0.15) is 47.2 Å². The fraction of sp³-hybridized carbons (Fsp3) is 0.421. The molecule has 4 aromatic rings. The van der Waals surface area contributed by atoms with Crippen molar-refractivity contribution in [3.05, 3.63) is 83.4 Å². The van der Waals surface area contributed by atoms with Crippen LogP contribution in [-0.4, -0.2) is 95.6 Å². The first-order valence-electron chi connectivity index (χ1n) is 17.7. The molecule has 1 aromatic heterocycles. The Balaban J connectivity index is 1.25. The molecule has 0 spiro atoms. The molecule has 7 N–H and O–H groups in total. The average molecular weight is 713 g/mol. The third-order valence-electron chi connectivity index (χ3n) is 9.25. The number of hydrogen-bond acceptors (Lipinski definition) is 10. The first-order valence-corrected chi connectivity index (χ1v) is 17.7. The van der Waals surface area contributed by atoms with Crippen LogP contribution in [0.2, 0.25) is 0 Å². The fourth-order valence-electron chi connectivity index (χ4n) is 6.33. The Morgan fingerprint density at radius 2 is 1.71 bits per heavy atom. The number of H-pyrrole nitrogens is 1. The Bertz CT molecular complexity index is 1740. The van der Waals surface area contributed by atoms with Gasteiger partial charge in [0.1, 0.15) is 6.04 Å². The number of ether oxygens (including phenoxy) is 2. The number of nitrogens with zero attached hydrogens (tertiary/aromatic N) is 3. The number of hydrogen-bond donors (Lipinski definition) is 6. The number of benzene rings is 3. The number of aliphatic hydroxyl groups is 1. The molecule has 1 heterocycles. The van der Waals surface area contributed by atoms with E-state index in [9.17, 15) is 14.4 Å². The molecular formula is C38H48N8O6. The van der Waals surface area contributed by atoms with E-state index in [4.69, 9.17) is 20.3 Å². The van der Waals surface area contributed by atoms with Crippen molar-refractivity contribution in [1.82, 2.24) is 31.3 Å². The van der Waals surface area contributed by atoms with Crippen LogP contribution >= 0.6 is 0 Å². The van der Waals surface area contributed by atoms with Crippen LogP contribution in [0.4, 0.5) is 5.69 Å². The lowest BCUT2D eigenvalue weighted by atomic mass is 9.81. The van der Waals surface area contributed by atoms with Gasteiger partial charge < -0.3 is 36.3 Å². The van der Waals surface area contributed by atoms with Gasteiger partial charge in [-0.3, -0.25) is 14.4 Å². The second kappa shape index (κ2) is 19.6. The highest BCUT2D eigenvalue weighted by molar-refractivity contribution is 5.98. The molecule has 14 nitrogen and oxygen atoms in total. The number of nitrogens with two attached hydrogens (primary N) is 1. The summed E-state index contributed by atoms with van der Waals surface area (Å²) in [6.45, 7) is 4.28. The maximum Gasteiger partial charge on any atom is 0.251 e. The van der Waals surface area contributed by atoms with Gasteiger partial charge in [0.2, 0.25) is 17.6 Å². The monoisotopic (exact) mass is 712 g/mol. The number of tetrazole rings is 1. The van der Waals surface area contributed by atoms with Gasteiger partial charge in [-0.2, -0.15) is 5.21 Å². The lowest BCUT2D eigenvalue weighted by Crippen LogP contribution is -2.48. The van der Waals surface area contributed by atoms with Crippen molar-refractivity contribution in [3.63, 3.8) is 0 Å². The zero-order valence-corrected chi connectivity index (χ0v) is 29.5. The molecule has 3 amide bonds. The molecular weight excluding hydrogens is 664 g/mol. The van der Waals surface area contributed by atoms with E-state index >= 15 is 0 Å². The minimum Gasteiger partial charge on any atom is -0.394 e.